The van der Waals surface area contributed by atoms with E-state index in [0.29, 0.717) is 0 Å². The van der Waals surface area contributed by atoms with Gasteiger partial charge in [0.2, 0.25) is 0 Å². The number of halogens is 1. The van der Waals surface area contributed by atoms with Crippen LogP contribution in [0.3, 0.4) is 0 Å². The Labute approximate surface area is 194 Å². The fraction of sp³-hybridized carbons (Fsp3) is 0.333. The van der Waals surface area contributed by atoms with Crippen LogP contribution in [0.5, 0.6) is 5.75 Å². The van der Waals surface area contributed by atoms with E-state index in [0.717, 1.165) is 66.4 Å². The molecule has 0 unspecified atom stereocenters. The highest BCUT2D eigenvalue weighted by Gasteiger charge is 2.31. The number of benzene rings is 2. The number of fused-ring (bicyclic) bond motifs is 1. The Morgan fingerprint density at radius 2 is 1.97 bits per heavy atom. The van der Waals surface area contributed by atoms with Crippen LogP contribution in [0.1, 0.15) is 29.2 Å². The molecule has 0 spiro atoms. The van der Waals surface area contributed by atoms with Crippen molar-refractivity contribution in [2.45, 2.75) is 31.2 Å². The summed E-state index contributed by atoms with van der Waals surface area (Å²) in [5, 5.41) is 14.5. The molecular formula is C24H28ClN5O2. The second kappa shape index (κ2) is 9.63. The molecule has 0 radical (unpaired) electrons. The zero-order valence-corrected chi connectivity index (χ0v) is 18.8. The van der Waals surface area contributed by atoms with E-state index in [-0.39, 0.29) is 30.4 Å². The minimum absolute atomic E-state index is 0. The molecule has 2 amide bonds. The molecule has 0 saturated carbocycles. The Morgan fingerprint density at radius 3 is 2.78 bits per heavy atom. The first-order chi connectivity index (χ1) is 15.2. The molecule has 3 aromatic rings. The maximum absolute atomic E-state index is 13.0. The molecule has 2 heterocycles. The molecule has 7 nitrogen and oxygen atoms in total. The lowest BCUT2D eigenvalue weighted by Crippen LogP contribution is -2.42. The monoisotopic (exact) mass is 453 g/mol. The van der Waals surface area contributed by atoms with Gasteiger partial charge in [-0.15, -0.1) is 12.4 Å². The summed E-state index contributed by atoms with van der Waals surface area (Å²) in [7, 11) is 1.67. The van der Waals surface area contributed by atoms with Crippen molar-refractivity contribution < 1.29 is 9.53 Å². The number of carbonyl (C=O) groups excluding carboxylic acids is 1. The fourth-order valence-corrected chi connectivity index (χ4v) is 4.64. The number of hydrogen-bond donors (Lipinski definition) is 3. The third-order valence-electron chi connectivity index (χ3n) is 6.19. The minimum Gasteiger partial charge on any atom is -0.497 e. The van der Waals surface area contributed by atoms with Crippen molar-refractivity contribution >= 4 is 24.3 Å². The number of amides is 2. The van der Waals surface area contributed by atoms with Crippen LogP contribution >= 0.6 is 12.4 Å². The number of carbonyl (C=O) groups is 1. The summed E-state index contributed by atoms with van der Waals surface area (Å²) in [6.45, 7) is 1.54. The summed E-state index contributed by atoms with van der Waals surface area (Å²) >= 11 is 0. The second-order valence-corrected chi connectivity index (χ2v) is 8.12. The van der Waals surface area contributed by atoms with Crippen LogP contribution in [0.2, 0.25) is 0 Å². The molecule has 168 valence electrons. The van der Waals surface area contributed by atoms with Gasteiger partial charge in [-0.1, -0.05) is 30.3 Å². The van der Waals surface area contributed by atoms with E-state index in [1.54, 1.807) is 7.11 Å². The van der Waals surface area contributed by atoms with E-state index in [4.69, 9.17) is 9.84 Å². The fourth-order valence-electron chi connectivity index (χ4n) is 4.64. The maximum Gasteiger partial charge on any atom is 0.320 e. The van der Waals surface area contributed by atoms with Crippen LogP contribution < -0.4 is 20.7 Å². The summed E-state index contributed by atoms with van der Waals surface area (Å²) in [5.41, 5.74) is 4.33. The molecule has 2 aliphatic rings. The number of nitrogens with one attached hydrogen (secondary N) is 3. The molecule has 2 atom stereocenters. The van der Waals surface area contributed by atoms with Crippen molar-refractivity contribution in [2.24, 2.45) is 0 Å². The zero-order valence-electron chi connectivity index (χ0n) is 18.0. The van der Waals surface area contributed by atoms with Gasteiger partial charge in [0.25, 0.3) is 0 Å². The van der Waals surface area contributed by atoms with Gasteiger partial charge in [0, 0.05) is 24.6 Å². The Balaban J connectivity index is 0.00000245. The van der Waals surface area contributed by atoms with Crippen molar-refractivity contribution in [1.82, 2.24) is 20.4 Å². The first kappa shape index (κ1) is 22.2. The van der Waals surface area contributed by atoms with Crippen LogP contribution in [0.4, 0.5) is 10.6 Å². The van der Waals surface area contributed by atoms with E-state index in [1.165, 1.54) is 0 Å². The molecule has 5 rings (SSSR count). The molecule has 1 aliphatic heterocycles. The highest BCUT2D eigenvalue weighted by atomic mass is 35.5. The van der Waals surface area contributed by atoms with Crippen molar-refractivity contribution in [1.29, 1.82) is 0 Å². The lowest BCUT2D eigenvalue weighted by molar-refractivity contribution is 0.248. The molecule has 1 fully saturated rings. The number of anilines is 1. The number of rotatable bonds is 5. The quantitative estimate of drug-likeness (QED) is 0.550. The van der Waals surface area contributed by atoms with Crippen molar-refractivity contribution in [3.8, 4) is 11.4 Å². The Bertz CT molecular complexity index is 1090. The van der Waals surface area contributed by atoms with Crippen LogP contribution in [-0.2, 0) is 12.8 Å². The largest absolute Gasteiger partial charge is 0.497 e. The van der Waals surface area contributed by atoms with E-state index in [1.807, 2.05) is 53.2 Å². The van der Waals surface area contributed by atoms with E-state index in [2.05, 4.69) is 22.0 Å². The molecule has 1 saturated heterocycles. The molecular weight excluding hydrogens is 426 g/mol. The van der Waals surface area contributed by atoms with Gasteiger partial charge in [-0.3, -0.25) is 5.32 Å². The number of aryl methyl sites for hydroxylation is 1. The van der Waals surface area contributed by atoms with Crippen LogP contribution in [0, 0.1) is 0 Å². The van der Waals surface area contributed by atoms with Gasteiger partial charge in [0.15, 0.2) is 0 Å². The summed E-state index contributed by atoms with van der Waals surface area (Å²) in [5.74, 6) is 1.79. The first-order valence-corrected chi connectivity index (χ1v) is 10.8. The molecule has 32 heavy (non-hydrogen) atoms. The van der Waals surface area contributed by atoms with Gasteiger partial charge in [-0.05, 0) is 49.1 Å². The Morgan fingerprint density at radius 1 is 1.12 bits per heavy atom. The van der Waals surface area contributed by atoms with Gasteiger partial charge < -0.3 is 15.4 Å². The minimum atomic E-state index is -0.201. The average molecular weight is 454 g/mol. The molecule has 0 bridgehead atoms. The van der Waals surface area contributed by atoms with E-state index in [9.17, 15) is 4.79 Å². The summed E-state index contributed by atoms with van der Waals surface area (Å²) in [6.07, 6.45) is 2.97. The number of methoxy groups -OCH3 is 1. The third-order valence-corrected chi connectivity index (χ3v) is 6.19. The van der Waals surface area contributed by atoms with Crippen molar-refractivity contribution in [3.63, 3.8) is 0 Å². The van der Waals surface area contributed by atoms with Crippen LogP contribution in [-0.4, -0.2) is 42.1 Å². The van der Waals surface area contributed by atoms with Crippen molar-refractivity contribution in [2.75, 3.05) is 25.5 Å². The maximum atomic E-state index is 13.0. The highest BCUT2D eigenvalue weighted by molar-refractivity contribution is 5.90. The number of hydrogen-bond acceptors (Lipinski definition) is 4. The number of aromatic nitrogens is 2. The summed E-state index contributed by atoms with van der Waals surface area (Å²) < 4.78 is 7.23. The van der Waals surface area contributed by atoms with Gasteiger partial charge in [0.05, 0.1) is 24.5 Å². The van der Waals surface area contributed by atoms with Gasteiger partial charge in [0.1, 0.15) is 11.6 Å². The normalized spacial score (nSPS) is 19.2. The molecule has 1 aliphatic carbocycles. The number of para-hydroxylation sites is 1. The second-order valence-electron chi connectivity index (χ2n) is 8.12. The average Bonchev–Trinajstić information content (AvgIpc) is 3.52. The van der Waals surface area contributed by atoms with Gasteiger partial charge in [-0.2, -0.15) is 5.10 Å². The molecule has 2 aromatic carbocycles. The third kappa shape index (κ3) is 4.31. The summed E-state index contributed by atoms with van der Waals surface area (Å²) in [4.78, 5) is 13.0. The zero-order chi connectivity index (χ0) is 21.2. The van der Waals surface area contributed by atoms with E-state index >= 15 is 0 Å². The smallest absolute Gasteiger partial charge is 0.320 e. The predicted molar refractivity (Wildman–Crippen MR) is 127 cm³/mol. The molecule has 8 heteroatoms. The molecule has 3 N–H and O–H groups in total. The lowest BCUT2D eigenvalue weighted by atomic mass is 9.94. The van der Waals surface area contributed by atoms with Crippen LogP contribution in [0.25, 0.3) is 5.69 Å². The number of ether oxygens (including phenoxy) is 1. The lowest BCUT2D eigenvalue weighted by Gasteiger charge is -2.21. The van der Waals surface area contributed by atoms with Gasteiger partial charge in [-0.25, -0.2) is 9.48 Å². The predicted octanol–water partition coefficient (Wildman–Crippen LogP) is 3.67. The highest BCUT2D eigenvalue weighted by Crippen LogP contribution is 2.31. The standard InChI is InChI=1S/C24H27N5O2.ClH/c1-31-18-10-5-7-16(13-18)20-14-25-15-22(20)26-24(30)27-23-19-11-6-12-21(19)28-29(23)17-8-3-2-4-9-17;/h2-5,7-10,13,20,22,25H,6,11-12,14-15H2,1H3,(H2,26,27,30);1H/t20-,22+;/m0./s1. The SMILES string of the molecule is COc1cccc([C@@H]2CNC[C@H]2NC(=O)Nc2c3c(nn2-c2ccccc2)CCC3)c1.Cl. The van der Waals surface area contributed by atoms with Gasteiger partial charge >= 0.3 is 6.03 Å². The van der Waals surface area contributed by atoms with Crippen LogP contribution in [0.15, 0.2) is 54.6 Å². The summed E-state index contributed by atoms with van der Waals surface area (Å²) in [6, 6.07) is 17.8. The molecule has 1 aromatic heterocycles. The van der Waals surface area contributed by atoms with Crippen molar-refractivity contribution in [3.05, 3.63) is 71.4 Å². The Hall–Kier alpha value is -3.03. The topological polar surface area (TPSA) is 80.2 Å². The number of nitrogens with zero attached hydrogens (tertiary/aromatic N) is 2. The Kier molecular flexibility index (Phi) is 6.67. The van der Waals surface area contributed by atoms with E-state index < -0.39 is 0 Å². The number of urea groups is 1. The first-order valence-electron chi connectivity index (χ1n) is 10.8.